The van der Waals surface area contributed by atoms with Crippen LogP contribution in [0.25, 0.3) is 11.1 Å². The van der Waals surface area contributed by atoms with Crippen LogP contribution >= 0.6 is 0 Å². The van der Waals surface area contributed by atoms with Crippen LogP contribution in [0, 0.1) is 20.8 Å². The van der Waals surface area contributed by atoms with Crippen LogP contribution in [0.5, 0.6) is 11.5 Å². The van der Waals surface area contributed by atoms with Gasteiger partial charge in [-0.1, -0.05) is 111 Å². The second-order valence-corrected chi connectivity index (χ2v) is 20.8. The van der Waals surface area contributed by atoms with Crippen LogP contribution in [-0.4, -0.2) is 16.4 Å². The minimum absolute atomic E-state index is 0.0144. The molecule has 0 spiro atoms. The zero-order chi connectivity index (χ0) is 44.3. The highest BCUT2D eigenvalue weighted by atomic mass is 16.5. The average molecular weight is 822 g/mol. The Balaban J connectivity index is 1.19. The molecular weight excluding hydrogens is 759 g/mol. The predicted molar refractivity (Wildman–Crippen MR) is 258 cm³/mol. The van der Waals surface area contributed by atoms with Gasteiger partial charge in [-0.15, -0.1) is 0 Å². The van der Waals surface area contributed by atoms with Crippen molar-refractivity contribution in [2.75, 3.05) is 4.90 Å². The molecule has 0 radical (unpaired) electrons. The van der Waals surface area contributed by atoms with Crippen molar-refractivity contribution in [1.82, 2.24) is 4.98 Å². The van der Waals surface area contributed by atoms with E-state index in [9.17, 15) is 0 Å². The summed E-state index contributed by atoms with van der Waals surface area (Å²) in [7, 11) is 0. The van der Waals surface area contributed by atoms with Gasteiger partial charge in [0.25, 0.3) is 0 Å². The molecule has 1 aromatic heterocycles. The Morgan fingerprint density at radius 1 is 0.710 bits per heavy atom. The summed E-state index contributed by atoms with van der Waals surface area (Å²) in [6.45, 7) is 31.7. The number of ether oxygens (including phenoxy) is 2. The van der Waals surface area contributed by atoms with Crippen molar-refractivity contribution in [1.29, 1.82) is 0 Å². The Morgan fingerprint density at radius 3 is 2.10 bits per heavy atom. The predicted octanol–water partition coefficient (Wildman–Crippen LogP) is 15.1. The number of aryl methyl sites for hydroxylation is 2. The van der Waals surface area contributed by atoms with E-state index in [1.165, 1.54) is 55.6 Å². The van der Waals surface area contributed by atoms with Gasteiger partial charge in [-0.2, -0.15) is 0 Å². The number of anilines is 3. The minimum Gasteiger partial charge on any atom is -0.464 e. The average Bonchev–Trinajstić information content (AvgIpc) is 3.60. The highest BCUT2D eigenvalue weighted by Gasteiger charge is 2.59. The molecular formula is C57H63N3O2. The Bertz CT molecular complexity index is 2790. The monoisotopic (exact) mass is 821 g/mol. The molecule has 2 aliphatic heterocycles. The van der Waals surface area contributed by atoms with E-state index in [1.807, 2.05) is 6.20 Å². The van der Waals surface area contributed by atoms with Crippen molar-refractivity contribution in [3.8, 4) is 22.6 Å². The first kappa shape index (κ1) is 41.7. The molecule has 318 valence electrons. The van der Waals surface area contributed by atoms with E-state index >= 15 is 0 Å². The van der Waals surface area contributed by atoms with Crippen molar-refractivity contribution in [3.05, 3.63) is 164 Å². The van der Waals surface area contributed by atoms with E-state index in [0.29, 0.717) is 17.7 Å². The summed E-state index contributed by atoms with van der Waals surface area (Å²) < 4.78 is 14.3. The summed E-state index contributed by atoms with van der Waals surface area (Å²) in [6, 6.07) is 35.6. The second kappa shape index (κ2) is 14.4. The molecule has 62 heavy (non-hydrogen) atoms. The zero-order valence-corrected chi connectivity index (χ0v) is 39.3. The molecule has 9 rings (SSSR count). The van der Waals surface area contributed by atoms with Crippen molar-refractivity contribution < 1.29 is 9.47 Å². The Hall–Kier alpha value is -5.68. The van der Waals surface area contributed by atoms with Gasteiger partial charge in [0.05, 0.1) is 11.4 Å². The Morgan fingerprint density at radius 2 is 1.40 bits per heavy atom. The maximum absolute atomic E-state index is 7.15. The lowest BCUT2D eigenvalue weighted by Gasteiger charge is -2.41. The fraction of sp³-hybridized carbons (Fsp3) is 0.368. The number of hydrogen-bond donors (Lipinski definition) is 0. The molecule has 6 aromatic rings. The summed E-state index contributed by atoms with van der Waals surface area (Å²) in [4.78, 5) is 12.9. The largest absolute Gasteiger partial charge is 0.464 e. The molecule has 5 heteroatoms. The minimum atomic E-state index is -0.588. The van der Waals surface area contributed by atoms with Crippen LogP contribution < -0.4 is 9.64 Å². The quantitative estimate of drug-likeness (QED) is 0.161. The third-order valence-electron chi connectivity index (χ3n) is 14.4. The summed E-state index contributed by atoms with van der Waals surface area (Å²) in [6.07, 6.45) is 2.74. The summed E-state index contributed by atoms with van der Waals surface area (Å²) in [5.74, 6) is 3.74. The Kier molecular flexibility index (Phi) is 9.70. The smallest absolute Gasteiger partial charge is 0.217 e. The highest BCUT2D eigenvalue weighted by Crippen LogP contribution is 2.55. The van der Waals surface area contributed by atoms with Crippen LogP contribution in [0.1, 0.15) is 149 Å². The number of aliphatic imine (C=N–C) groups is 1. The molecule has 0 saturated carbocycles. The van der Waals surface area contributed by atoms with E-state index in [2.05, 4.69) is 199 Å². The van der Waals surface area contributed by atoms with E-state index < -0.39 is 11.1 Å². The van der Waals surface area contributed by atoms with Crippen molar-refractivity contribution >= 4 is 23.1 Å². The molecule has 1 aliphatic carbocycles. The molecule has 3 heterocycles. The standard InChI is InChI=1S/C57H63N3O2/c1-33(2)44-17-15-18-45(34(3)4)51(44)38-27-39(53-59-56(13)32-46-37(7)36(6)20-22-47(46)57(56,14)62-53)29-43(28-38)61-42-26-35(5)25-41(31-42)60-50-23-21-40(54(8,9)10)30-49(50)55(11,12)48-19-16-24-58-52(48)60/h15-31,33-34H,32H2,1-14H3/t56-,57+/m1/s1. The van der Waals surface area contributed by atoms with Gasteiger partial charge >= 0.3 is 0 Å². The first-order chi connectivity index (χ1) is 29.2. The zero-order valence-electron chi connectivity index (χ0n) is 39.3. The molecule has 0 unspecified atom stereocenters. The first-order valence-electron chi connectivity index (χ1n) is 22.6. The van der Waals surface area contributed by atoms with Gasteiger partial charge in [0.1, 0.15) is 22.9 Å². The first-order valence-corrected chi connectivity index (χ1v) is 22.6. The van der Waals surface area contributed by atoms with Crippen molar-refractivity contribution in [2.45, 2.75) is 137 Å². The fourth-order valence-electron chi connectivity index (χ4n) is 10.4. The van der Waals surface area contributed by atoms with Crippen LogP contribution in [0.15, 0.2) is 108 Å². The van der Waals surface area contributed by atoms with E-state index in [0.717, 1.165) is 51.8 Å². The molecule has 5 nitrogen and oxygen atoms in total. The van der Waals surface area contributed by atoms with Gasteiger partial charge in [0.2, 0.25) is 5.90 Å². The third-order valence-corrected chi connectivity index (χ3v) is 14.4. The van der Waals surface area contributed by atoms with Gasteiger partial charge in [-0.05, 0) is 150 Å². The van der Waals surface area contributed by atoms with Gasteiger partial charge < -0.3 is 9.47 Å². The lowest BCUT2D eigenvalue weighted by Crippen LogP contribution is -2.40. The summed E-state index contributed by atoms with van der Waals surface area (Å²) >= 11 is 0. The normalized spacial score (nSPS) is 19.8. The molecule has 0 fully saturated rings. The topological polar surface area (TPSA) is 47.0 Å². The highest BCUT2D eigenvalue weighted by molar-refractivity contribution is 5.98. The maximum Gasteiger partial charge on any atom is 0.217 e. The fourth-order valence-corrected chi connectivity index (χ4v) is 10.4. The Labute approximate surface area is 370 Å². The number of hydrogen-bond acceptors (Lipinski definition) is 5. The van der Waals surface area contributed by atoms with Crippen LogP contribution in [0.3, 0.4) is 0 Å². The van der Waals surface area contributed by atoms with Crippen LogP contribution in [0.2, 0.25) is 0 Å². The maximum atomic E-state index is 7.15. The van der Waals surface area contributed by atoms with Gasteiger partial charge in [-0.25, -0.2) is 9.98 Å². The molecule has 0 amide bonds. The van der Waals surface area contributed by atoms with E-state index in [-0.39, 0.29) is 10.8 Å². The number of nitrogens with zero attached hydrogens (tertiary/aromatic N) is 3. The molecule has 0 bridgehead atoms. The molecule has 3 aliphatic rings. The molecule has 2 atom stereocenters. The number of rotatable bonds is 7. The SMILES string of the molecule is Cc1cc(Oc2cc(C3=N[C@]4(C)Cc5c(ccc(C)c5C)[C@]4(C)O3)cc(-c3c(C(C)C)cccc3C(C)C)c2)cc(N2c3ccc(C(C)(C)C)cc3C(C)(C)c3cccnc32)c1. The lowest BCUT2D eigenvalue weighted by atomic mass is 9.72. The summed E-state index contributed by atoms with van der Waals surface area (Å²) in [5, 5.41) is 0. The van der Waals surface area contributed by atoms with Crippen molar-refractivity contribution in [2.24, 2.45) is 4.99 Å². The number of fused-ring (bicyclic) bond motifs is 5. The van der Waals surface area contributed by atoms with Crippen LogP contribution in [-0.2, 0) is 27.6 Å². The molecule has 5 aromatic carbocycles. The van der Waals surface area contributed by atoms with Crippen LogP contribution in [0.4, 0.5) is 17.2 Å². The number of aromatic nitrogens is 1. The van der Waals surface area contributed by atoms with Crippen molar-refractivity contribution in [3.63, 3.8) is 0 Å². The number of benzene rings is 5. The lowest BCUT2D eigenvalue weighted by molar-refractivity contribution is 0.0450. The molecule has 0 N–H and O–H groups in total. The third kappa shape index (κ3) is 6.57. The summed E-state index contributed by atoms with van der Waals surface area (Å²) in [5.41, 5.74) is 16.9. The van der Waals surface area contributed by atoms with E-state index in [4.69, 9.17) is 19.5 Å². The van der Waals surface area contributed by atoms with Gasteiger partial charge in [0.15, 0.2) is 5.60 Å². The van der Waals surface area contributed by atoms with Gasteiger partial charge in [0, 0.05) is 40.8 Å². The van der Waals surface area contributed by atoms with E-state index in [1.54, 1.807) is 0 Å². The van der Waals surface area contributed by atoms with Gasteiger partial charge in [-0.3, -0.25) is 4.90 Å². The molecule has 0 saturated heterocycles. The number of pyridine rings is 1. The second-order valence-electron chi connectivity index (χ2n) is 20.8.